The van der Waals surface area contributed by atoms with Crippen LogP contribution >= 0.6 is 11.8 Å². The van der Waals surface area contributed by atoms with E-state index < -0.39 is 15.8 Å². The Kier molecular flexibility index (Phi) is 4.05. The maximum Gasteiger partial charge on any atom is 0.243 e. The van der Waals surface area contributed by atoms with Crippen LogP contribution in [-0.2, 0) is 10.0 Å². The molecule has 2 rings (SSSR count). The van der Waals surface area contributed by atoms with Crippen LogP contribution in [0.4, 0.5) is 10.1 Å². The molecule has 20 heavy (non-hydrogen) atoms. The highest BCUT2D eigenvalue weighted by Gasteiger charge is 2.35. The van der Waals surface area contributed by atoms with Gasteiger partial charge >= 0.3 is 0 Å². The number of hydrogen-bond acceptors (Lipinski definition) is 4. The molecule has 4 nitrogen and oxygen atoms in total. The normalized spacial score (nSPS) is 20.0. The van der Waals surface area contributed by atoms with Crippen LogP contribution in [0.3, 0.4) is 0 Å². The average Bonchev–Trinajstić information content (AvgIpc) is 2.34. The second kappa shape index (κ2) is 5.20. The van der Waals surface area contributed by atoms with Gasteiger partial charge in [0.15, 0.2) is 0 Å². The van der Waals surface area contributed by atoms with Crippen LogP contribution in [0.1, 0.15) is 19.4 Å². The highest BCUT2D eigenvalue weighted by Crippen LogP contribution is 2.33. The molecule has 1 aromatic carbocycles. The van der Waals surface area contributed by atoms with Crippen LogP contribution in [0.25, 0.3) is 0 Å². The van der Waals surface area contributed by atoms with Gasteiger partial charge in [-0.1, -0.05) is 0 Å². The molecular formula is C13H19FN2O2S2. The Morgan fingerprint density at radius 1 is 1.40 bits per heavy atom. The summed E-state index contributed by atoms with van der Waals surface area (Å²) in [6, 6.07) is 2.54. The average molecular weight is 318 g/mol. The van der Waals surface area contributed by atoms with E-state index in [9.17, 15) is 12.8 Å². The third-order valence-corrected chi connectivity index (χ3v) is 6.40. The molecule has 112 valence electrons. The number of sulfonamides is 1. The molecule has 0 saturated carbocycles. The molecule has 7 heteroatoms. The van der Waals surface area contributed by atoms with Crippen molar-refractivity contribution in [2.24, 2.45) is 0 Å². The molecule has 0 bridgehead atoms. The first-order valence-electron chi connectivity index (χ1n) is 6.33. The Balaban J connectivity index is 2.40. The summed E-state index contributed by atoms with van der Waals surface area (Å²) in [6.45, 7) is 6.46. The van der Waals surface area contributed by atoms with E-state index in [1.807, 2.05) is 13.8 Å². The maximum atomic E-state index is 13.5. The lowest BCUT2D eigenvalue weighted by molar-refractivity contribution is 0.387. The summed E-state index contributed by atoms with van der Waals surface area (Å²) in [4.78, 5) is 0.0663. The SMILES string of the molecule is Cc1cc(S(=O)(=O)N2CCSC(C)(C)C2)cc(N)c1F. The second-order valence-electron chi connectivity index (χ2n) is 5.59. The lowest BCUT2D eigenvalue weighted by Gasteiger charge is -2.36. The van der Waals surface area contributed by atoms with Gasteiger partial charge in [-0.25, -0.2) is 12.8 Å². The highest BCUT2D eigenvalue weighted by atomic mass is 32.2. The number of aryl methyl sites for hydroxylation is 1. The van der Waals surface area contributed by atoms with Crippen LogP contribution in [-0.4, -0.2) is 36.3 Å². The zero-order valence-corrected chi connectivity index (χ0v) is 13.4. The molecule has 1 aromatic rings. The lowest BCUT2D eigenvalue weighted by atomic mass is 10.2. The first-order chi connectivity index (χ1) is 9.13. The van der Waals surface area contributed by atoms with Gasteiger partial charge in [-0.05, 0) is 38.5 Å². The van der Waals surface area contributed by atoms with E-state index >= 15 is 0 Å². The molecule has 0 aromatic heterocycles. The molecule has 1 heterocycles. The molecule has 0 radical (unpaired) electrons. The third-order valence-electron chi connectivity index (χ3n) is 3.28. The number of nitrogens with two attached hydrogens (primary N) is 1. The molecule has 0 aliphatic carbocycles. The molecule has 1 saturated heterocycles. The van der Waals surface area contributed by atoms with Gasteiger partial charge in [-0.3, -0.25) is 0 Å². The number of nitrogen functional groups attached to an aromatic ring is 1. The van der Waals surface area contributed by atoms with Gasteiger partial charge in [0.05, 0.1) is 10.6 Å². The van der Waals surface area contributed by atoms with Gasteiger partial charge in [-0.15, -0.1) is 0 Å². The fourth-order valence-electron chi connectivity index (χ4n) is 2.24. The van der Waals surface area contributed by atoms with E-state index in [1.54, 1.807) is 11.8 Å². The van der Waals surface area contributed by atoms with Crippen molar-refractivity contribution >= 4 is 27.5 Å². The quantitative estimate of drug-likeness (QED) is 0.849. The smallest absolute Gasteiger partial charge is 0.243 e. The highest BCUT2D eigenvalue weighted by molar-refractivity contribution is 8.00. The summed E-state index contributed by atoms with van der Waals surface area (Å²) in [6.07, 6.45) is 0. The molecule has 2 N–H and O–H groups in total. The summed E-state index contributed by atoms with van der Waals surface area (Å²) in [5.41, 5.74) is 5.65. The zero-order valence-electron chi connectivity index (χ0n) is 11.8. The van der Waals surface area contributed by atoms with Crippen molar-refractivity contribution < 1.29 is 12.8 Å². The van der Waals surface area contributed by atoms with Crippen LogP contribution < -0.4 is 5.73 Å². The van der Waals surface area contributed by atoms with E-state index in [2.05, 4.69) is 0 Å². The fourth-order valence-corrected chi connectivity index (χ4v) is 5.27. The first-order valence-corrected chi connectivity index (χ1v) is 8.76. The lowest BCUT2D eigenvalue weighted by Crippen LogP contribution is -2.46. The minimum atomic E-state index is -3.62. The van der Waals surface area contributed by atoms with Gasteiger partial charge in [0.2, 0.25) is 10.0 Å². The second-order valence-corrected chi connectivity index (χ2v) is 9.33. The monoisotopic (exact) mass is 318 g/mol. The van der Waals surface area contributed by atoms with Gasteiger partial charge in [0.25, 0.3) is 0 Å². The third kappa shape index (κ3) is 2.94. The molecule has 1 aliphatic heterocycles. The molecule has 0 unspecified atom stereocenters. The number of hydrogen-bond donors (Lipinski definition) is 1. The van der Waals surface area contributed by atoms with Crippen LogP contribution in [0.2, 0.25) is 0 Å². The number of halogens is 1. The summed E-state index contributed by atoms with van der Waals surface area (Å²) in [7, 11) is -3.62. The van der Waals surface area contributed by atoms with Crippen molar-refractivity contribution in [1.29, 1.82) is 0 Å². The minimum Gasteiger partial charge on any atom is -0.396 e. The Bertz CT molecular complexity index is 606. The molecule has 0 atom stereocenters. The molecule has 1 fully saturated rings. The molecule has 0 amide bonds. The topological polar surface area (TPSA) is 63.4 Å². The van der Waals surface area contributed by atoms with Crippen molar-refractivity contribution in [3.63, 3.8) is 0 Å². The van der Waals surface area contributed by atoms with Gasteiger partial charge in [-0.2, -0.15) is 16.1 Å². The van der Waals surface area contributed by atoms with Gasteiger partial charge in [0, 0.05) is 23.6 Å². The van der Waals surface area contributed by atoms with E-state index in [0.717, 1.165) is 5.75 Å². The maximum absolute atomic E-state index is 13.5. The van der Waals surface area contributed by atoms with Gasteiger partial charge in [0.1, 0.15) is 5.82 Å². The first kappa shape index (κ1) is 15.6. The summed E-state index contributed by atoms with van der Waals surface area (Å²) < 4.78 is 40.1. The molecule has 1 aliphatic rings. The molecule has 0 spiro atoms. The molecular weight excluding hydrogens is 299 g/mol. The van der Waals surface area contributed by atoms with E-state index in [4.69, 9.17) is 5.73 Å². The van der Waals surface area contributed by atoms with Crippen molar-refractivity contribution in [3.05, 3.63) is 23.5 Å². The Hall–Kier alpha value is -0.790. The summed E-state index contributed by atoms with van der Waals surface area (Å²) in [5.74, 6) is 0.195. The van der Waals surface area contributed by atoms with Crippen LogP contribution in [0, 0.1) is 12.7 Å². The van der Waals surface area contributed by atoms with Crippen molar-refractivity contribution in [2.45, 2.75) is 30.4 Å². The van der Waals surface area contributed by atoms with Crippen LogP contribution in [0.15, 0.2) is 17.0 Å². The van der Waals surface area contributed by atoms with Gasteiger partial charge < -0.3 is 5.73 Å². The number of benzene rings is 1. The predicted octanol–water partition coefficient (Wildman–Crippen LogP) is 2.23. The number of rotatable bonds is 2. The Morgan fingerprint density at radius 3 is 2.60 bits per heavy atom. The van der Waals surface area contributed by atoms with Crippen molar-refractivity contribution in [2.75, 3.05) is 24.6 Å². The Morgan fingerprint density at radius 2 is 2.05 bits per heavy atom. The predicted molar refractivity (Wildman–Crippen MR) is 80.8 cm³/mol. The number of anilines is 1. The summed E-state index contributed by atoms with van der Waals surface area (Å²) >= 11 is 1.75. The van der Waals surface area contributed by atoms with E-state index in [1.165, 1.54) is 23.4 Å². The number of nitrogens with zero attached hydrogens (tertiary/aromatic N) is 1. The minimum absolute atomic E-state index is 0.0663. The van der Waals surface area contributed by atoms with Crippen LogP contribution in [0.5, 0.6) is 0 Å². The van der Waals surface area contributed by atoms with Crippen molar-refractivity contribution in [3.8, 4) is 0 Å². The summed E-state index contributed by atoms with van der Waals surface area (Å²) in [5, 5.41) is 0. The van der Waals surface area contributed by atoms with E-state index in [-0.39, 0.29) is 20.9 Å². The Labute approximate surface area is 123 Å². The standard InChI is InChI=1S/C13H19FN2O2S2/c1-9-6-10(7-11(15)12(9)14)20(17,18)16-4-5-19-13(2,3)8-16/h6-7H,4-5,8,15H2,1-3H3. The zero-order chi connectivity index (χ0) is 15.1. The van der Waals surface area contributed by atoms with Crippen molar-refractivity contribution in [1.82, 2.24) is 4.31 Å². The number of thioether (sulfide) groups is 1. The van der Waals surface area contributed by atoms with E-state index in [0.29, 0.717) is 13.1 Å². The fraction of sp³-hybridized carbons (Fsp3) is 0.538. The largest absolute Gasteiger partial charge is 0.396 e.